The SMILES string of the molecule is CC[C@H](C)[C@H]1C(=O)NCC(=O)N(C)[C@@H](CC(C)C)C(=O)N[C@@H]([C@@H](C)O)C(=O)N2CC[C@H]2C(=O)N[C@@H](Cc2ccccc2)C(=O)N[C@H](C(=O)N2CCCCC2)CC(=O)N(C)[C@@H](C)C(=O)N[C@@H](Cc2ccccc2)C(=O)N(C)[C@@H](CC(C)C)C(=O)N[C@@H](CC(C)C)C(=O)N1C. The van der Waals surface area contributed by atoms with E-state index in [1.54, 1.807) is 72.5 Å². The Kier molecular flexibility index (Phi) is 28.8. The molecule has 0 unspecified atom stereocenters. The Labute approximate surface area is 548 Å². The minimum absolute atomic E-state index is 0.0306. The third-order valence-electron chi connectivity index (χ3n) is 18.1. The van der Waals surface area contributed by atoms with E-state index < -0.39 is 156 Å². The summed E-state index contributed by atoms with van der Waals surface area (Å²) in [5.41, 5.74) is 1.27. The maximum absolute atomic E-state index is 15.1. The van der Waals surface area contributed by atoms with Crippen LogP contribution >= 0.6 is 0 Å². The van der Waals surface area contributed by atoms with E-state index in [1.165, 1.54) is 56.7 Å². The van der Waals surface area contributed by atoms with Crippen molar-refractivity contribution in [3.8, 4) is 0 Å². The van der Waals surface area contributed by atoms with Gasteiger partial charge in [-0.25, -0.2) is 0 Å². The first kappa shape index (κ1) is 75.8. The van der Waals surface area contributed by atoms with Gasteiger partial charge in [-0.3, -0.25) is 57.5 Å². The van der Waals surface area contributed by atoms with Crippen LogP contribution in [0.3, 0.4) is 0 Å². The smallest absolute Gasteiger partial charge is 0.248 e. The maximum Gasteiger partial charge on any atom is 0.248 e. The van der Waals surface area contributed by atoms with Gasteiger partial charge in [0, 0.05) is 60.7 Å². The number of hydrogen-bond donors (Lipinski definition) is 7. The Balaban J connectivity index is 1.61. The number of carbonyl (C=O) groups is 12. The van der Waals surface area contributed by atoms with Crippen LogP contribution in [-0.4, -0.2) is 226 Å². The first-order valence-corrected chi connectivity index (χ1v) is 33.1. The number of aliphatic hydroxyl groups excluding tert-OH is 1. The zero-order valence-corrected chi connectivity index (χ0v) is 57.1. The minimum Gasteiger partial charge on any atom is -0.391 e. The fourth-order valence-corrected chi connectivity index (χ4v) is 12.1. The van der Waals surface area contributed by atoms with Crippen LogP contribution in [0.5, 0.6) is 0 Å². The van der Waals surface area contributed by atoms with E-state index in [1.807, 2.05) is 48.5 Å². The molecule has 3 aliphatic rings. The molecule has 514 valence electrons. The number of nitrogens with one attached hydrogen (secondary N) is 6. The number of nitrogens with zero attached hydrogens (tertiary/aromatic N) is 6. The number of amides is 12. The van der Waals surface area contributed by atoms with Gasteiger partial charge in [-0.05, 0) is 93.6 Å². The van der Waals surface area contributed by atoms with Gasteiger partial charge < -0.3 is 66.4 Å². The molecule has 12 amide bonds. The number of carbonyl (C=O) groups excluding carboxylic acids is 12. The summed E-state index contributed by atoms with van der Waals surface area (Å²) >= 11 is 0. The standard InChI is InChI=1S/C68H104N12O13/c1-15-43(8)58-64(89)69-39-56(83)76(12)53(34-41(4)5)63(88)74-57(45(10)81)68(93)80-32-29-52(80)61(86)70-48(36-46-25-19-16-20-26-46)60(85)72-51(67(92)79-30-23-18-24-31-79)38-55(82)75(11)44(9)59(84)71-50(37-47-27-21-17-22-28-47)65(90)77(13)54(35-42(6)7)62(87)73-49(33-40(2)3)66(91)78(58)14/h16-17,19-22,25-28,40-45,48-54,57-58,81H,15,18,23-24,29-39H2,1-14H3,(H,69,89)(H,70,86)(H,71,84)(H,72,85)(H,73,87)(H,74,88)/t43-,44-,45+,48-,49-,50-,51-,52-,53-,54-,57-,58-/m0/s1. The number of benzene rings is 2. The van der Waals surface area contributed by atoms with E-state index in [0.717, 1.165) is 16.2 Å². The summed E-state index contributed by atoms with van der Waals surface area (Å²) in [5.74, 6) is -9.62. The summed E-state index contributed by atoms with van der Waals surface area (Å²) in [6.45, 7) is 17.6. The molecule has 93 heavy (non-hydrogen) atoms. The molecular formula is C68H104N12O13. The van der Waals surface area contributed by atoms with Crippen molar-refractivity contribution in [3.05, 3.63) is 71.8 Å². The predicted octanol–water partition coefficient (Wildman–Crippen LogP) is 1.92. The molecule has 25 nitrogen and oxygen atoms in total. The van der Waals surface area contributed by atoms with Gasteiger partial charge in [0.2, 0.25) is 70.9 Å². The molecule has 0 radical (unpaired) electrons. The molecule has 0 aromatic heterocycles. The largest absolute Gasteiger partial charge is 0.391 e. The van der Waals surface area contributed by atoms with Crippen LogP contribution in [0.1, 0.15) is 138 Å². The molecule has 5 rings (SSSR count). The summed E-state index contributed by atoms with van der Waals surface area (Å²) in [7, 11) is 5.61. The fourth-order valence-electron chi connectivity index (χ4n) is 12.1. The van der Waals surface area contributed by atoms with Crippen LogP contribution in [0.25, 0.3) is 0 Å². The van der Waals surface area contributed by atoms with Crippen molar-refractivity contribution < 1.29 is 62.6 Å². The fraction of sp³-hybridized carbons (Fsp3) is 0.647. The van der Waals surface area contributed by atoms with Crippen LogP contribution in [0.4, 0.5) is 0 Å². The Bertz CT molecular complexity index is 2920. The zero-order chi connectivity index (χ0) is 69.1. The highest BCUT2D eigenvalue weighted by Crippen LogP contribution is 2.24. The normalized spacial score (nSPS) is 26.5. The second-order valence-electron chi connectivity index (χ2n) is 26.8. The number of fused-ring (bicyclic) bond motifs is 1. The highest BCUT2D eigenvalue weighted by atomic mass is 16.3. The monoisotopic (exact) mass is 1300 g/mol. The van der Waals surface area contributed by atoms with Crippen LogP contribution in [0.15, 0.2) is 60.7 Å². The molecule has 7 N–H and O–H groups in total. The molecule has 3 saturated heterocycles. The Hall–Kier alpha value is -7.96. The van der Waals surface area contributed by atoms with Crippen molar-refractivity contribution in [1.82, 2.24) is 61.3 Å². The molecular weight excluding hydrogens is 1190 g/mol. The summed E-state index contributed by atoms with van der Waals surface area (Å²) in [4.78, 5) is 183. The lowest BCUT2D eigenvalue weighted by atomic mass is 9.94. The van der Waals surface area contributed by atoms with Gasteiger partial charge in [0.25, 0.3) is 0 Å². The van der Waals surface area contributed by atoms with Gasteiger partial charge in [-0.1, -0.05) is 122 Å². The first-order chi connectivity index (χ1) is 43.9. The summed E-state index contributed by atoms with van der Waals surface area (Å²) in [6.07, 6.45) is 0.807. The summed E-state index contributed by atoms with van der Waals surface area (Å²) in [6, 6.07) is 4.53. The maximum atomic E-state index is 15.1. The average Bonchev–Trinajstić information content (AvgIpc) is 0.973. The van der Waals surface area contributed by atoms with Crippen LogP contribution in [0.2, 0.25) is 0 Å². The van der Waals surface area contributed by atoms with E-state index in [-0.39, 0.29) is 62.8 Å². The topological polar surface area (TPSA) is 317 Å². The van der Waals surface area contributed by atoms with Gasteiger partial charge >= 0.3 is 0 Å². The molecule has 0 spiro atoms. The van der Waals surface area contributed by atoms with E-state index in [9.17, 15) is 57.8 Å². The average molecular weight is 1300 g/mol. The lowest BCUT2D eigenvalue weighted by Gasteiger charge is -2.42. The summed E-state index contributed by atoms with van der Waals surface area (Å²) in [5, 5.41) is 27.8. The van der Waals surface area contributed by atoms with Gasteiger partial charge in [0.05, 0.1) is 19.1 Å². The second kappa shape index (κ2) is 35.3. The van der Waals surface area contributed by atoms with Gasteiger partial charge in [0.15, 0.2) is 0 Å². The molecule has 12 atom stereocenters. The van der Waals surface area contributed by atoms with Crippen molar-refractivity contribution in [2.24, 2.45) is 23.7 Å². The van der Waals surface area contributed by atoms with Gasteiger partial charge in [-0.2, -0.15) is 0 Å². The van der Waals surface area contributed by atoms with Crippen molar-refractivity contribution >= 4 is 70.9 Å². The van der Waals surface area contributed by atoms with Crippen molar-refractivity contribution in [2.75, 3.05) is 54.4 Å². The molecule has 2 aromatic carbocycles. The Morgan fingerprint density at radius 3 is 1.55 bits per heavy atom. The highest BCUT2D eigenvalue weighted by Gasteiger charge is 2.45. The summed E-state index contributed by atoms with van der Waals surface area (Å²) < 4.78 is 0. The quantitative estimate of drug-likeness (QED) is 0.142. The molecule has 3 aliphatic heterocycles. The third-order valence-corrected chi connectivity index (χ3v) is 18.1. The minimum atomic E-state index is -1.61. The van der Waals surface area contributed by atoms with Gasteiger partial charge in [0.1, 0.15) is 60.4 Å². The van der Waals surface area contributed by atoms with Crippen molar-refractivity contribution in [1.29, 1.82) is 0 Å². The number of piperidine rings is 1. The number of aliphatic hydroxyl groups is 1. The lowest BCUT2D eigenvalue weighted by Crippen LogP contribution is -2.66. The second-order valence-corrected chi connectivity index (χ2v) is 26.8. The van der Waals surface area contributed by atoms with E-state index in [2.05, 4.69) is 31.9 Å². The molecule has 2 aromatic rings. The van der Waals surface area contributed by atoms with Crippen LogP contribution in [-0.2, 0) is 70.4 Å². The third kappa shape index (κ3) is 21.0. The molecule has 3 fully saturated rings. The predicted molar refractivity (Wildman–Crippen MR) is 350 cm³/mol. The van der Waals surface area contributed by atoms with Crippen LogP contribution in [0, 0.1) is 23.7 Å². The van der Waals surface area contributed by atoms with E-state index in [4.69, 9.17) is 0 Å². The lowest BCUT2D eigenvalue weighted by molar-refractivity contribution is -0.153. The van der Waals surface area contributed by atoms with E-state index >= 15 is 4.79 Å². The molecule has 3 heterocycles. The molecule has 0 aliphatic carbocycles. The highest BCUT2D eigenvalue weighted by molar-refractivity contribution is 6.00. The zero-order valence-electron chi connectivity index (χ0n) is 57.1. The van der Waals surface area contributed by atoms with Crippen molar-refractivity contribution in [2.45, 2.75) is 206 Å². The number of likely N-dealkylation sites (tertiary alicyclic amines) is 1. The Morgan fingerprint density at radius 1 is 0.527 bits per heavy atom. The first-order valence-electron chi connectivity index (χ1n) is 33.1. The van der Waals surface area contributed by atoms with Gasteiger partial charge in [-0.15, -0.1) is 0 Å². The number of rotatable bonds is 14. The molecule has 0 saturated carbocycles. The van der Waals surface area contributed by atoms with E-state index in [0.29, 0.717) is 43.5 Å². The molecule has 0 bridgehead atoms. The Morgan fingerprint density at radius 2 is 1.03 bits per heavy atom. The number of hydrogen-bond acceptors (Lipinski definition) is 13. The van der Waals surface area contributed by atoms with Crippen LogP contribution < -0.4 is 31.9 Å². The van der Waals surface area contributed by atoms with Crippen molar-refractivity contribution in [3.63, 3.8) is 0 Å². The number of likely N-dealkylation sites (N-methyl/N-ethyl adjacent to an activating group) is 4. The molecule has 25 heteroatoms.